The number of urea groups is 1. The number of piperazine rings is 1. The van der Waals surface area contributed by atoms with Crippen LogP contribution in [0.15, 0.2) is 18.2 Å². The molecule has 176 valence electrons. The highest BCUT2D eigenvalue weighted by Crippen LogP contribution is 2.36. The van der Waals surface area contributed by atoms with Crippen molar-refractivity contribution in [3.8, 4) is 5.75 Å². The molecule has 3 rings (SSSR count). The van der Waals surface area contributed by atoms with Crippen molar-refractivity contribution in [1.82, 2.24) is 15.1 Å². The molecule has 0 saturated carbocycles. The molecule has 2 aliphatic heterocycles. The first kappa shape index (κ1) is 24.2. The quantitative estimate of drug-likeness (QED) is 0.290. The van der Waals surface area contributed by atoms with E-state index in [0.717, 1.165) is 0 Å². The van der Waals surface area contributed by atoms with Gasteiger partial charge in [0.1, 0.15) is 11.8 Å². The molecule has 1 fully saturated rings. The summed E-state index contributed by atoms with van der Waals surface area (Å²) < 4.78 is 5.35. The molecular weight excluding hydrogens is 437 g/mol. The minimum absolute atomic E-state index is 0.0302. The summed E-state index contributed by atoms with van der Waals surface area (Å²) in [4.78, 5) is 62.7. The SMILES string of the molecule is CCN1CCN(C(=O)N[C@@H](CO)C(=O)C[C@H]2Cc3cccc(C(=O)O)c3OB2O)C(=O)C1=O. The molecule has 2 atom stereocenters. The van der Waals surface area contributed by atoms with E-state index >= 15 is 0 Å². The Bertz CT molecular complexity index is 986. The summed E-state index contributed by atoms with van der Waals surface area (Å²) >= 11 is 0. The number of hydrogen-bond acceptors (Lipinski definition) is 8. The Kier molecular flexibility index (Phi) is 7.34. The number of aliphatic hydroxyl groups excluding tert-OH is 1. The molecule has 13 heteroatoms. The molecule has 4 N–H and O–H groups in total. The zero-order valence-electron chi connectivity index (χ0n) is 17.9. The Balaban J connectivity index is 1.65. The third kappa shape index (κ3) is 4.99. The Morgan fingerprint density at radius 2 is 1.97 bits per heavy atom. The number of hydrogen-bond donors (Lipinski definition) is 4. The van der Waals surface area contributed by atoms with Gasteiger partial charge in [0.15, 0.2) is 5.78 Å². The van der Waals surface area contributed by atoms with E-state index in [-0.39, 0.29) is 37.2 Å². The van der Waals surface area contributed by atoms with Gasteiger partial charge in [-0.2, -0.15) is 0 Å². The molecular formula is C20H24BN3O9. The van der Waals surface area contributed by atoms with Crippen LogP contribution in [0.2, 0.25) is 5.82 Å². The van der Waals surface area contributed by atoms with E-state index in [1.807, 2.05) is 0 Å². The molecule has 0 spiro atoms. The second kappa shape index (κ2) is 10.0. The molecule has 1 saturated heterocycles. The predicted molar refractivity (Wildman–Crippen MR) is 112 cm³/mol. The minimum Gasteiger partial charge on any atom is -0.535 e. The number of carboxylic acid groups (broad SMARTS) is 1. The normalized spacial score (nSPS) is 19.0. The van der Waals surface area contributed by atoms with Crippen LogP contribution in [0.4, 0.5) is 4.79 Å². The Morgan fingerprint density at radius 3 is 2.61 bits per heavy atom. The highest BCUT2D eigenvalue weighted by atomic mass is 16.5. The number of rotatable bonds is 7. The highest BCUT2D eigenvalue weighted by molar-refractivity contribution is 6.47. The average molecular weight is 461 g/mol. The first-order chi connectivity index (χ1) is 15.7. The number of carboxylic acids is 1. The maximum atomic E-state index is 12.7. The first-order valence-electron chi connectivity index (χ1n) is 10.4. The minimum atomic E-state index is -1.47. The molecule has 0 radical (unpaired) electrons. The fourth-order valence-electron chi connectivity index (χ4n) is 3.85. The van der Waals surface area contributed by atoms with Gasteiger partial charge in [0, 0.05) is 31.9 Å². The molecule has 1 aromatic rings. The van der Waals surface area contributed by atoms with E-state index in [2.05, 4.69) is 5.32 Å². The van der Waals surface area contributed by atoms with Gasteiger partial charge in [0.25, 0.3) is 0 Å². The van der Waals surface area contributed by atoms with Gasteiger partial charge in [-0.25, -0.2) is 9.59 Å². The van der Waals surface area contributed by atoms with E-state index in [9.17, 15) is 39.2 Å². The molecule has 0 aromatic heterocycles. The summed E-state index contributed by atoms with van der Waals surface area (Å²) in [7, 11) is -1.47. The zero-order valence-corrected chi connectivity index (χ0v) is 17.9. The van der Waals surface area contributed by atoms with Gasteiger partial charge >= 0.3 is 30.9 Å². The predicted octanol–water partition coefficient (Wildman–Crippen LogP) is -1.11. The highest BCUT2D eigenvalue weighted by Gasteiger charge is 2.40. The maximum Gasteiger partial charge on any atom is 0.526 e. The molecule has 12 nitrogen and oxygen atoms in total. The molecule has 0 aliphatic carbocycles. The lowest BCUT2D eigenvalue weighted by Gasteiger charge is -2.32. The van der Waals surface area contributed by atoms with Gasteiger partial charge in [-0.3, -0.25) is 19.3 Å². The maximum absolute atomic E-state index is 12.7. The number of ketones is 1. The summed E-state index contributed by atoms with van der Waals surface area (Å²) in [5.74, 6) is -4.41. The molecule has 1 aromatic carbocycles. The van der Waals surface area contributed by atoms with Crippen LogP contribution in [0.1, 0.15) is 29.3 Å². The van der Waals surface area contributed by atoms with Crippen LogP contribution < -0.4 is 9.97 Å². The fourth-order valence-corrected chi connectivity index (χ4v) is 3.85. The standard InChI is InChI=1S/C20H24BN3O9/c1-2-23-6-7-24(18(28)17(23)27)20(31)22-14(10-25)15(26)9-12-8-11-4-3-5-13(19(29)30)16(11)33-21(12)32/h3-5,12,14,25,32H,2,6-10H2,1H3,(H,22,31)(H,29,30)/t12-,14+/m1/s1. The number of carbonyl (C=O) groups is 5. The molecule has 33 heavy (non-hydrogen) atoms. The second-order valence-electron chi connectivity index (χ2n) is 7.77. The van der Waals surface area contributed by atoms with Gasteiger partial charge in [0.05, 0.1) is 12.2 Å². The van der Waals surface area contributed by atoms with E-state index < -0.39 is 55.2 Å². The Labute approximate surface area is 189 Å². The topological polar surface area (TPSA) is 174 Å². The number of para-hydroxylation sites is 1. The van der Waals surface area contributed by atoms with Gasteiger partial charge in [0.2, 0.25) is 0 Å². The number of nitrogens with zero attached hydrogens (tertiary/aromatic N) is 2. The van der Waals surface area contributed by atoms with Crippen molar-refractivity contribution in [2.75, 3.05) is 26.2 Å². The molecule has 4 amide bonds. The van der Waals surface area contributed by atoms with Gasteiger partial charge < -0.3 is 30.1 Å². The van der Waals surface area contributed by atoms with Gasteiger partial charge in [-0.05, 0) is 25.0 Å². The number of imide groups is 1. The number of carbonyl (C=O) groups excluding carboxylic acids is 4. The summed E-state index contributed by atoms with van der Waals surface area (Å²) in [6, 6.07) is 2.13. The Morgan fingerprint density at radius 1 is 1.24 bits per heavy atom. The molecule has 2 aliphatic rings. The number of amides is 4. The molecule has 0 bridgehead atoms. The summed E-state index contributed by atoms with van der Waals surface area (Å²) in [5, 5.41) is 31.5. The number of Topliss-reactive ketones (excluding diaryl/α,β-unsaturated/α-hetero) is 1. The van der Waals surface area contributed by atoms with Crippen molar-refractivity contribution in [2.45, 2.75) is 31.6 Å². The zero-order chi connectivity index (χ0) is 24.3. The first-order valence-corrected chi connectivity index (χ1v) is 10.4. The molecule has 2 heterocycles. The fraction of sp³-hybridized carbons (Fsp3) is 0.450. The van der Waals surface area contributed by atoms with Gasteiger partial charge in [-0.15, -0.1) is 0 Å². The van der Waals surface area contributed by atoms with E-state index in [1.165, 1.54) is 17.0 Å². The Hall–Kier alpha value is -3.45. The van der Waals surface area contributed by atoms with Crippen molar-refractivity contribution in [3.63, 3.8) is 0 Å². The van der Waals surface area contributed by atoms with Crippen molar-refractivity contribution in [3.05, 3.63) is 29.3 Å². The van der Waals surface area contributed by atoms with Crippen LogP contribution in [0.5, 0.6) is 5.75 Å². The number of aromatic carboxylic acids is 1. The lowest BCUT2D eigenvalue weighted by Crippen LogP contribution is -2.60. The largest absolute Gasteiger partial charge is 0.535 e. The van der Waals surface area contributed by atoms with Crippen molar-refractivity contribution < 1.29 is 43.9 Å². The number of likely N-dealkylation sites (N-methyl/N-ethyl adjacent to an activating group) is 1. The van der Waals surface area contributed by atoms with Crippen molar-refractivity contribution in [2.24, 2.45) is 0 Å². The van der Waals surface area contributed by atoms with E-state index in [1.54, 1.807) is 13.0 Å². The average Bonchev–Trinajstić information content (AvgIpc) is 2.78. The lowest BCUT2D eigenvalue weighted by atomic mass is 9.64. The van der Waals surface area contributed by atoms with Crippen LogP contribution in [-0.4, -0.2) is 94.0 Å². The van der Waals surface area contributed by atoms with Gasteiger partial charge in [-0.1, -0.05) is 12.1 Å². The summed E-state index contributed by atoms with van der Waals surface area (Å²) in [6.07, 6.45) is -0.151. The monoisotopic (exact) mass is 461 g/mol. The second-order valence-corrected chi connectivity index (χ2v) is 7.77. The van der Waals surface area contributed by atoms with Crippen LogP contribution in [0, 0.1) is 0 Å². The third-order valence-corrected chi connectivity index (χ3v) is 5.72. The third-order valence-electron chi connectivity index (χ3n) is 5.72. The van der Waals surface area contributed by atoms with Crippen LogP contribution >= 0.6 is 0 Å². The smallest absolute Gasteiger partial charge is 0.526 e. The van der Waals surface area contributed by atoms with Crippen molar-refractivity contribution in [1.29, 1.82) is 0 Å². The number of aliphatic hydroxyl groups is 1. The van der Waals surface area contributed by atoms with E-state index in [0.29, 0.717) is 17.0 Å². The van der Waals surface area contributed by atoms with Crippen LogP contribution in [0.3, 0.4) is 0 Å². The summed E-state index contributed by atoms with van der Waals surface area (Å²) in [5.41, 5.74) is 0.389. The lowest BCUT2D eigenvalue weighted by molar-refractivity contribution is -0.153. The van der Waals surface area contributed by atoms with Crippen LogP contribution in [-0.2, 0) is 20.8 Å². The van der Waals surface area contributed by atoms with Crippen molar-refractivity contribution >= 4 is 36.7 Å². The number of benzene rings is 1. The van der Waals surface area contributed by atoms with Crippen LogP contribution in [0.25, 0.3) is 0 Å². The molecule has 0 unspecified atom stereocenters. The number of fused-ring (bicyclic) bond motifs is 1. The summed E-state index contributed by atoms with van der Waals surface area (Å²) in [6.45, 7) is 1.38. The number of nitrogens with one attached hydrogen (secondary N) is 1. The van der Waals surface area contributed by atoms with E-state index in [4.69, 9.17) is 4.65 Å².